The first-order valence-corrected chi connectivity index (χ1v) is 5.43. The summed E-state index contributed by atoms with van der Waals surface area (Å²) in [4.78, 5) is 15.7. The largest absolute Gasteiger partial charge is 0.368 e. The van der Waals surface area contributed by atoms with E-state index in [2.05, 4.69) is 29.1 Å². The Labute approximate surface area is 91.6 Å². The van der Waals surface area contributed by atoms with E-state index in [4.69, 9.17) is 5.73 Å². The number of hydrogen-bond acceptors (Lipinski definition) is 4. The van der Waals surface area contributed by atoms with Crippen LogP contribution >= 0.6 is 0 Å². The van der Waals surface area contributed by atoms with Crippen LogP contribution in [0.2, 0.25) is 0 Å². The van der Waals surface area contributed by atoms with Crippen LogP contribution in [0.15, 0.2) is 0 Å². The molecule has 88 valence electrons. The maximum absolute atomic E-state index is 11.1. The standard InChI is InChI=1S/C10H22N4O/c1-8-6-13(3)4-5-14(8)7-9(12-2)10(11)15/h8-9,12H,4-7H2,1-3H3,(H2,11,15). The molecule has 1 amide bonds. The molecule has 1 fully saturated rings. The highest BCUT2D eigenvalue weighted by Gasteiger charge is 2.25. The zero-order valence-electron chi connectivity index (χ0n) is 9.86. The van der Waals surface area contributed by atoms with Crippen molar-refractivity contribution in [1.82, 2.24) is 15.1 Å². The van der Waals surface area contributed by atoms with Crippen LogP contribution in [0.25, 0.3) is 0 Å². The van der Waals surface area contributed by atoms with Gasteiger partial charge in [0, 0.05) is 32.2 Å². The Bertz CT molecular complexity index is 221. The molecule has 0 saturated carbocycles. The Balaban J connectivity index is 2.46. The maximum atomic E-state index is 11.1. The van der Waals surface area contributed by atoms with Gasteiger partial charge in [0.25, 0.3) is 0 Å². The second-order valence-corrected chi connectivity index (χ2v) is 4.35. The van der Waals surface area contributed by atoms with Crippen molar-refractivity contribution in [3.05, 3.63) is 0 Å². The van der Waals surface area contributed by atoms with Crippen molar-refractivity contribution in [3.63, 3.8) is 0 Å². The molecule has 1 heterocycles. The predicted molar refractivity (Wildman–Crippen MR) is 60.6 cm³/mol. The lowest BCUT2D eigenvalue weighted by Gasteiger charge is -2.39. The van der Waals surface area contributed by atoms with E-state index in [9.17, 15) is 4.79 Å². The van der Waals surface area contributed by atoms with Gasteiger partial charge in [-0.05, 0) is 21.0 Å². The molecule has 0 aliphatic carbocycles. The quantitative estimate of drug-likeness (QED) is 0.610. The average molecular weight is 214 g/mol. The number of carbonyl (C=O) groups excluding carboxylic acids is 1. The van der Waals surface area contributed by atoms with E-state index in [0.717, 1.165) is 19.6 Å². The molecule has 5 nitrogen and oxygen atoms in total. The van der Waals surface area contributed by atoms with Gasteiger partial charge in [0.2, 0.25) is 5.91 Å². The van der Waals surface area contributed by atoms with Gasteiger partial charge in [0.1, 0.15) is 0 Å². The van der Waals surface area contributed by atoms with Crippen LogP contribution in [0.1, 0.15) is 6.92 Å². The number of nitrogens with zero attached hydrogens (tertiary/aromatic N) is 2. The molecule has 15 heavy (non-hydrogen) atoms. The fourth-order valence-electron chi connectivity index (χ4n) is 2.01. The van der Waals surface area contributed by atoms with Gasteiger partial charge in [0.05, 0.1) is 6.04 Å². The normalized spacial score (nSPS) is 26.5. The van der Waals surface area contributed by atoms with Crippen LogP contribution in [0.5, 0.6) is 0 Å². The molecule has 2 unspecified atom stereocenters. The summed E-state index contributed by atoms with van der Waals surface area (Å²) < 4.78 is 0. The lowest BCUT2D eigenvalue weighted by molar-refractivity contribution is -0.120. The van der Waals surface area contributed by atoms with Crippen LogP contribution in [0.3, 0.4) is 0 Å². The van der Waals surface area contributed by atoms with E-state index in [1.807, 2.05) is 0 Å². The van der Waals surface area contributed by atoms with Gasteiger partial charge in [-0.25, -0.2) is 0 Å². The Hall–Kier alpha value is -0.650. The van der Waals surface area contributed by atoms with Gasteiger partial charge < -0.3 is 16.0 Å². The molecule has 0 aromatic rings. The molecule has 0 aromatic carbocycles. The summed E-state index contributed by atoms with van der Waals surface area (Å²) >= 11 is 0. The number of amides is 1. The van der Waals surface area contributed by atoms with E-state index in [1.54, 1.807) is 7.05 Å². The highest BCUT2D eigenvalue weighted by atomic mass is 16.1. The van der Waals surface area contributed by atoms with Crippen LogP contribution in [-0.2, 0) is 4.79 Å². The fraction of sp³-hybridized carbons (Fsp3) is 0.900. The first kappa shape index (κ1) is 12.4. The molecule has 1 aliphatic heterocycles. The van der Waals surface area contributed by atoms with Crippen molar-refractivity contribution in [2.24, 2.45) is 5.73 Å². The average Bonchev–Trinajstić information content (AvgIpc) is 2.16. The van der Waals surface area contributed by atoms with Crippen LogP contribution in [0, 0.1) is 0 Å². The minimum absolute atomic E-state index is 0.240. The maximum Gasteiger partial charge on any atom is 0.235 e. The summed E-state index contributed by atoms with van der Waals surface area (Å²) in [6.07, 6.45) is 0. The van der Waals surface area contributed by atoms with Crippen molar-refractivity contribution in [2.75, 3.05) is 40.3 Å². The summed E-state index contributed by atoms with van der Waals surface area (Å²) in [6.45, 7) is 6.00. The zero-order valence-corrected chi connectivity index (χ0v) is 9.86. The molecule has 1 saturated heterocycles. The van der Waals surface area contributed by atoms with Crippen LogP contribution < -0.4 is 11.1 Å². The topological polar surface area (TPSA) is 61.6 Å². The van der Waals surface area contributed by atoms with Gasteiger partial charge in [-0.2, -0.15) is 0 Å². The third-order valence-corrected chi connectivity index (χ3v) is 3.08. The molecule has 1 rings (SSSR count). The van der Waals surface area contributed by atoms with Crippen molar-refractivity contribution in [1.29, 1.82) is 0 Å². The van der Waals surface area contributed by atoms with E-state index in [-0.39, 0.29) is 11.9 Å². The number of nitrogens with one attached hydrogen (secondary N) is 1. The molecule has 0 spiro atoms. The van der Waals surface area contributed by atoms with Crippen molar-refractivity contribution in [3.8, 4) is 0 Å². The van der Waals surface area contributed by atoms with Gasteiger partial charge in [-0.3, -0.25) is 9.69 Å². The Morgan fingerprint density at radius 1 is 1.60 bits per heavy atom. The van der Waals surface area contributed by atoms with Crippen LogP contribution in [-0.4, -0.2) is 68.1 Å². The zero-order chi connectivity index (χ0) is 11.4. The second-order valence-electron chi connectivity index (χ2n) is 4.35. The lowest BCUT2D eigenvalue weighted by atomic mass is 10.1. The first-order chi connectivity index (χ1) is 7.04. The second kappa shape index (κ2) is 5.44. The van der Waals surface area contributed by atoms with Gasteiger partial charge in [-0.1, -0.05) is 0 Å². The number of likely N-dealkylation sites (N-methyl/N-ethyl adjacent to an activating group) is 2. The number of rotatable bonds is 4. The van der Waals surface area contributed by atoms with E-state index in [0.29, 0.717) is 12.6 Å². The van der Waals surface area contributed by atoms with Gasteiger partial charge >= 0.3 is 0 Å². The SMILES string of the molecule is CNC(CN1CCN(C)CC1C)C(N)=O. The fourth-order valence-corrected chi connectivity index (χ4v) is 2.01. The lowest BCUT2D eigenvalue weighted by Crippen LogP contribution is -2.56. The number of piperazine rings is 1. The molecular weight excluding hydrogens is 192 g/mol. The molecule has 5 heteroatoms. The predicted octanol–water partition coefficient (Wildman–Crippen LogP) is -1.30. The summed E-state index contributed by atoms with van der Waals surface area (Å²) in [5.74, 6) is -0.274. The monoisotopic (exact) mass is 214 g/mol. The number of primary amides is 1. The molecule has 2 atom stereocenters. The molecule has 1 aliphatic rings. The smallest absolute Gasteiger partial charge is 0.235 e. The third-order valence-electron chi connectivity index (χ3n) is 3.08. The van der Waals surface area contributed by atoms with Crippen molar-refractivity contribution in [2.45, 2.75) is 19.0 Å². The first-order valence-electron chi connectivity index (χ1n) is 5.43. The van der Waals surface area contributed by atoms with E-state index >= 15 is 0 Å². The molecule has 0 bridgehead atoms. The summed E-state index contributed by atoms with van der Waals surface area (Å²) in [6, 6.07) is 0.245. The minimum atomic E-state index is -0.274. The van der Waals surface area contributed by atoms with Crippen molar-refractivity contribution >= 4 is 5.91 Å². The van der Waals surface area contributed by atoms with E-state index < -0.39 is 0 Å². The van der Waals surface area contributed by atoms with Crippen LogP contribution in [0.4, 0.5) is 0 Å². The molecule has 0 radical (unpaired) electrons. The number of nitrogens with two attached hydrogens (primary N) is 1. The Morgan fingerprint density at radius 2 is 2.27 bits per heavy atom. The highest BCUT2D eigenvalue weighted by Crippen LogP contribution is 2.08. The van der Waals surface area contributed by atoms with E-state index in [1.165, 1.54) is 0 Å². The van der Waals surface area contributed by atoms with Gasteiger partial charge in [-0.15, -0.1) is 0 Å². The number of hydrogen-bond donors (Lipinski definition) is 2. The molecule has 3 N–H and O–H groups in total. The Morgan fingerprint density at radius 3 is 2.73 bits per heavy atom. The van der Waals surface area contributed by atoms with Crippen molar-refractivity contribution < 1.29 is 4.79 Å². The molecular formula is C10H22N4O. The third kappa shape index (κ3) is 3.44. The summed E-state index contributed by atoms with van der Waals surface area (Å²) in [5, 5.41) is 2.95. The summed E-state index contributed by atoms with van der Waals surface area (Å²) in [7, 11) is 3.90. The Kier molecular flexibility index (Phi) is 4.50. The molecule has 0 aromatic heterocycles. The summed E-state index contributed by atoms with van der Waals surface area (Å²) in [5.41, 5.74) is 5.30. The minimum Gasteiger partial charge on any atom is -0.368 e. The highest BCUT2D eigenvalue weighted by molar-refractivity contribution is 5.80. The number of carbonyl (C=O) groups is 1. The van der Waals surface area contributed by atoms with Gasteiger partial charge in [0.15, 0.2) is 0 Å².